The SMILES string of the molecule is Cc1ccccc1C(=O)O[C@@H]1C=C[C@]23CCN(Cc4cc5c(cc42)OCO5)[C@H]3C1. The third-order valence-corrected chi connectivity index (χ3v) is 7.01. The van der Waals surface area contributed by atoms with Crippen LogP contribution in [0.4, 0.5) is 0 Å². The number of esters is 1. The Morgan fingerprint density at radius 3 is 2.90 bits per heavy atom. The van der Waals surface area contributed by atoms with E-state index in [2.05, 4.69) is 29.2 Å². The van der Waals surface area contributed by atoms with E-state index in [1.807, 2.05) is 31.2 Å². The largest absolute Gasteiger partial charge is 0.454 e. The van der Waals surface area contributed by atoms with E-state index in [9.17, 15) is 4.79 Å². The van der Waals surface area contributed by atoms with Crippen molar-refractivity contribution in [1.29, 1.82) is 0 Å². The van der Waals surface area contributed by atoms with E-state index in [1.165, 1.54) is 11.1 Å². The first-order valence-electron chi connectivity index (χ1n) is 10.3. The zero-order chi connectivity index (χ0) is 19.6. The van der Waals surface area contributed by atoms with Gasteiger partial charge in [0.25, 0.3) is 0 Å². The van der Waals surface area contributed by atoms with Crippen LogP contribution in [-0.4, -0.2) is 36.4 Å². The lowest BCUT2D eigenvalue weighted by Crippen LogP contribution is -2.49. The molecular weight excluding hydrogens is 366 g/mol. The Labute approximate surface area is 169 Å². The monoisotopic (exact) mass is 389 g/mol. The predicted octanol–water partition coefficient (Wildman–Crippen LogP) is 3.73. The molecule has 2 aromatic rings. The van der Waals surface area contributed by atoms with E-state index in [0.29, 0.717) is 18.4 Å². The van der Waals surface area contributed by atoms with E-state index in [0.717, 1.165) is 43.0 Å². The van der Waals surface area contributed by atoms with Gasteiger partial charge >= 0.3 is 5.97 Å². The van der Waals surface area contributed by atoms with Crippen molar-refractivity contribution in [3.05, 3.63) is 70.8 Å². The molecule has 2 bridgehead atoms. The molecule has 3 heterocycles. The van der Waals surface area contributed by atoms with E-state index in [-0.39, 0.29) is 17.5 Å². The van der Waals surface area contributed by atoms with Gasteiger partial charge in [-0.1, -0.05) is 24.3 Å². The van der Waals surface area contributed by atoms with Crippen LogP contribution in [-0.2, 0) is 16.7 Å². The summed E-state index contributed by atoms with van der Waals surface area (Å²) in [5, 5.41) is 0. The van der Waals surface area contributed by atoms with E-state index in [4.69, 9.17) is 14.2 Å². The lowest BCUT2D eigenvalue weighted by Gasteiger charge is -2.45. The van der Waals surface area contributed by atoms with Crippen molar-refractivity contribution in [1.82, 2.24) is 4.90 Å². The first kappa shape index (κ1) is 17.1. The number of carbonyl (C=O) groups excluding carboxylic acids is 1. The lowest BCUT2D eigenvalue weighted by molar-refractivity contribution is 0.0272. The number of rotatable bonds is 2. The fourth-order valence-electron chi connectivity index (χ4n) is 5.56. The predicted molar refractivity (Wildman–Crippen MR) is 107 cm³/mol. The number of benzene rings is 2. The van der Waals surface area contributed by atoms with Crippen molar-refractivity contribution in [3.63, 3.8) is 0 Å². The molecule has 148 valence electrons. The molecule has 2 aromatic carbocycles. The van der Waals surface area contributed by atoms with Gasteiger partial charge in [-0.3, -0.25) is 4.90 Å². The first-order valence-corrected chi connectivity index (χ1v) is 10.3. The van der Waals surface area contributed by atoms with Gasteiger partial charge in [-0.2, -0.15) is 0 Å². The molecule has 3 aliphatic heterocycles. The summed E-state index contributed by atoms with van der Waals surface area (Å²) in [5.74, 6) is 1.46. The maximum Gasteiger partial charge on any atom is 0.338 e. The zero-order valence-corrected chi connectivity index (χ0v) is 16.4. The smallest absolute Gasteiger partial charge is 0.338 e. The molecule has 0 amide bonds. The van der Waals surface area contributed by atoms with Crippen LogP contribution in [0.15, 0.2) is 48.6 Å². The Bertz CT molecular complexity index is 1050. The molecule has 4 atom stereocenters. The average Bonchev–Trinajstić information content (AvgIpc) is 3.29. The van der Waals surface area contributed by atoms with Crippen molar-refractivity contribution in [2.45, 2.75) is 43.9 Å². The van der Waals surface area contributed by atoms with Gasteiger partial charge in [0.05, 0.1) is 5.56 Å². The lowest BCUT2D eigenvalue weighted by atomic mass is 9.66. The van der Waals surface area contributed by atoms with Crippen LogP contribution in [0.2, 0.25) is 0 Å². The molecule has 4 aliphatic rings. The van der Waals surface area contributed by atoms with Crippen LogP contribution >= 0.6 is 0 Å². The molecule has 0 spiro atoms. The zero-order valence-electron chi connectivity index (χ0n) is 16.4. The molecule has 5 heteroatoms. The summed E-state index contributed by atoms with van der Waals surface area (Å²) in [6.07, 6.45) is 6.09. The summed E-state index contributed by atoms with van der Waals surface area (Å²) in [6, 6.07) is 12.3. The van der Waals surface area contributed by atoms with Gasteiger partial charge in [0, 0.05) is 31.0 Å². The number of carbonyl (C=O) groups is 1. The molecule has 0 N–H and O–H groups in total. The number of nitrogens with zero attached hydrogens (tertiary/aromatic N) is 1. The van der Waals surface area contributed by atoms with Crippen LogP contribution in [0.5, 0.6) is 11.5 Å². The van der Waals surface area contributed by atoms with Crippen LogP contribution in [0, 0.1) is 6.92 Å². The van der Waals surface area contributed by atoms with Crippen LogP contribution in [0.25, 0.3) is 0 Å². The fraction of sp³-hybridized carbons (Fsp3) is 0.375. The highest BCUT2D eigenvalue weighted by Crippen LogP contribution is 2.53. The standard InChI is InChI=1S/C24H23NO4/c1-15-4-2-3-5-18(15)23(26)29-17-6-7-24-8-9-25(22(24)11-17)13-16-10-20-21(12-19(16)24)28-14-27-20/h2-7,10,12,17,22H,8-9,11,13-14H2,1H3/t17-,22+,24+/m1/s1. The molecule has 0 aromatic heterocycles. The second-order valence-corrected chi connectivity index (χ2v) is 8.49. The number of ether oxygens (including phenoxy) is 3. The van der Waals surface area contributed by atoms with E-state index < -0.39 is 0 Å². The van der Waals surface area contributed by atoms with Crippen molar-refractivity contribution in [3.8, 4) is 11.5 Å². The summed E-state index contributed by atoms with van der Waals surface area (Å²) < 4.78 is 17.1. The minimum atomic E-state index is -0.240. The molecule has 29 heavy (non-hydrogen) atoms. The first-order chi connectivity index (χ1) is 14.1. The minimum absolute atomic E-state index is 0.0276. The Balaban J connectivity index is 1.32. The molecule has 0 saturated carbocycles. The van der Waals surface area contributed by atoms with Gasteiger partial charge in [-0.15, -0.1) is 0 Å². The van der Waals surface area contributed by atoms with Gasteiger partial charge in [0.1, 0.15) is 6.10 Å². The Morgan fingerprint density at radius 1 is 1.21 bits per heavy atom. The molecule has 5 nitrogen and oxygen atoms in total. The average molecular weight is 389 g/mol. The second kappa shape index (κ2) is 6.10. The summed E-state index contributed by atoms with van der Waals surface area (Å²) in [4.78, 5) is 15.2. The highest BCUT2D eigenvalue weighted by molar-refractivity contribution is 5.91. The van der Waals surface area contributed by atoms with Crippen molar-refractivity contribution in [2.24, 2.45) is 0 Å². The number of hydrogen-bond donors (Lipinski definition) is 0. The third-order valence-electron chi connectivity index (χ3n) is 7.01. The van der Waals surface area contributed by atoms with Crippen molar-refractivity contribution >= 4 is 5.97 Å². The molecular formula is C24H23NO4. The normalized spacial score (nSPS) is 30.6. The number of aryl methyl sites for hydroxylation is 1. The van der Waals surface area contributed by atoms with Crippen LogP contribution in [0.3, 0.4) is 0 Å². The Morgan fingerprint density at radius 2 is 2.03 bits per heavy atom. The van der Waals surface area contributed by atoms with Crippen molar-refractivity contribution < 1.29 is 19.0 Å². The molecule has 1 fully saturated rings. The molecule has 6 rings (SSSR count). The fourth-order valence-corrected chi connectivity index (χ4v) is 5.56. The quantitative estimate of drug-likeness (QED) is 0.579. The van der Waals surface area contributed by atoms with Gasteiger partial charge in [-0.05, 0) is 54.3 Å². The molecule has 1 saturated heterocycles. The maximum atomic E-state index is 12.7. The van der Waals surface area contributed by atoms with Gasteiger partial charge in [0.2, 0.25) is 6.79 Å². The van der Waals surface area contributed by atoms with Gasteiger partial charge in [0.15, 0.2) is 11.5 Å². The second-order valence-electron chi connectivity index (χ2n) is 8.49. The van der Waals surface area contributed by atoms with E-state index >= 15 is 0 Å². The van der Waals surface area contributed by atoms with Crippen molar-refractivity contribution in [2.75, 3.05) is 13.3 Å². The summed E-state index contributed by atoms with van der Waals surface area (Å²) >= 11 is 0. The summed E-state index contributed by atoms with van der Waals surface area (Å²) in [7, 11) is 0. The molecule has 1 aliphatic carbocycles. The third kappa shape index (κ3) is 2.47. The minimum Gasteiger partial charge on any atom is -0.454 e. The van der Waals surface area contributed by atoms with Gasteiger partial charge in [-0.25, -0.2) is 4.79 Å². The maximum absolute atomic E-state index is 12.7. The Hall–Kier alpha value is -2.79. The van der Waals surface area contributed by atoms with E-state index in [1.54, 1.807) is 0 Å². The van der Waals surface area contributed by atoms with Crippen LogP contribution < -0.4 is 9.47 Å². The summed E-state index contributed by atoms with van der Waals surface area (Å²) in [6.45, 7) is 4.20. The van der Waals surface area contributed by atoms with Gasteiger partial charge < -0.3 is 14.2 Å². The molecule has 1 unspecified atom stereocenters. The number of hydrogen-bond acceptors (Lipinski definition) is 5. The summed E-state index contributed by atoms with van der Waals surface area (Å²) in [5.41, 5.74) is 4.23. The Kier molecular flexibility index (Phi) is 3.60. The highest BCUT2D eigenvalue weighted by Gasteiger charge is 2.53. The molecule has 0 radical (unpaired) electrons. The van der Waals surface area contributed by atoms with Crippen LogP contribution in [0.1, 0.15) is 39.9 Å². The topological polar surface area (TPSA) is 48.0 Å². The highest BCUT2D eigenvalue weighted by atomic mass is 16.7. The number of fused-ring (bicyclic) bond motifs is 2.